The molecule has 1 aliphatic carbocycles. The minimum Gasteiger partial charge on any atom is -0.345 e. The molecule has 0 aromatic heterocycles. The second-order valence-corrected chi connectivity index (χ2v) is 6.72. The van der Waals surface area contributed by atoms with Gasteiger partial charge in [0, 0.05) is 6.54 Å². The summed E-state index contributed by atoms with van der Waals surface area (Å²) < 4.78 is 0. The van der Waals surface area contributed by atoms with Gasteiger partial charge in [0.1, 0.15) is 6.04 Å². The molecule has 0 bridgehead atoms. The van der Waals surface area contributed by atoms with Crippen molar-refractivity contribution in [2.45, 2.75) is 58.9 Å². The quantitative estimate of drug-likeness (QED) is 0.845. The Morgan fingerprint density at radius 3 is 2.53 bits per heavy atom. The van der Waals surface area contributed by atoms with E-state index in [1.165, 1.54) is 25.7 Å². The molecule has 1 saturated heterocycles. The van der Waals surface area contributed by atoms with Crippen LogP contribution in [0, 0.1) is 11.3 Å². The molecule has 0 radical (unpaired) electrons. The average Bonchev–Trinajstić information content (AvgIpc) is 2.77. The van der Waals surface area contributed by atoms with Crippen LogP contribution < -0.4 is 5.32 Å². The molecule has 1 unspecified atom stereocenters. The molecule has 0 aromatic carbocycles. The number of hydrogen-bond donors (Lipinski definition) is 1. The molecule has 1 heterocycles. The third kappa shape index (κ3) is 3.10. The monoisotopic (exact) mass is 266 g/mol. The van der Waals surface area contributed by atoms with Gasteiger partial charge in [0.05, 0.1) is 6.54 Å². The summed E-state index contributed by atoms with van der Waals surface area (Å²) in [6.45, 7) is 7.26. The van der Waals surface area contributed by atoms with E-state index in [9.17, 15) is 9.59 Å². The first-order valence-corrected chi connectivity index (χ1v) is 7.51. The van der Waals surface area contributed by atoms with Crippen molar-refractivity contribution in [1.82, 2.24) is 10.2 Å². The Hall–Kier alpha value is -1.06. The fourth-order valence-corrected chi connectivity index (χ4v) is 3.77. The summed E-state index contributed by atoms with van der Waals surface area (Å²) >= 11 is 0. The van der Waals surface area contributed by atoms with Crippen LogP contribution in [-0.4, -0.2) is 35.8 Å². The lowest BCUT2D eigenvalue weighted by atomic mass is 9.77. The molecule has 2 aliphatic rings. The van der Waals surface area contributed by atoms with E-state index in [0.717, 1.165) is 13.0 Å². The number of carbonyl (C=O) groups excluding carboxylic acids is 2. The molecule has 4 heteroatoms. The van der Waals surface area contributed by atoms with Gasteiger partial charge in [-0.25, -0.2) is 0 Å². The second-order valence-electron chi connectivity index (χ2n) is 6.72. The molecule has 1 aliphatic heterocycles. The predicted molar refractivity (Wildman–Crippen MR) is 74.5 cm³/mol. The Morgan fingerprint density at radius 1 is 1.32 bits per heavy atom. The normalized spacial score (nSPS) is 26.9. The van der Waals surface area contributed by atoms with E-state index in [4.69, 9.17) is 0 Å². The Labute approximate surface area is 115 Å². The third-order valence-corrected chi connectivity index (χ3v) is 4.59. The Morgan fingerprint density at radius 2 is 1.95 bits per heavy atom. The zero-order valence-corrected chi connectivity index (χ0v) is 12.4. The van der Waals surface area contributed by atoms with Crippen LogP contribution in [0.2, 0.25) is 0 Å². The summed E-state index contributed by atoms with van der Waals surface area (Å²) in [4.78, 5) is 25.6. The van der Waals surface area contributed by atoms with Crippen LogP contribution in [0.15, 0.2) is 0 Å². The number of carbonyl (C=O) groups is 2. The van der Waals surface area contributed by atoms with E-state index in [2.05, 4.69) is 19.2 Å². The minimum atomic E-state index is -0.314. The van der Waals surface area contributed by atoms with Gasteiger partial charge in [-0.1, -0.05) is 26.7 Å². The first-order chi connectivity index (χ1) is 8.93. The fraction of sp³-hybridized carbons (Fsp3) is 0.867. The minimum absolute atomic E-state index is 0.0164. The van der Waals surface area contributed by atoms with E-state index in [1.807, 2.05) is 11.8 Å². The van der Waals surface area contributed by atoms with Crippen molar-refractivity contribution in [1.29, 1.82) is 0 Å². The van der Waals surface area contributed by atoms with Crippen molar-refractivity contribution >= 4 is 11.8 Å². The highest BCUT2D eigenvalue weighted by Gasteiger charge is 2.40. The van der Waals surface area contributed by atoms with Crippen molar-refractivity contribution in [2.75, 3.05) is 13.1 Å². The van der Waals surface area contributed by atoms with E-state index in [1.54, 1.807) is 0 Å². The van der Waals surface area contributed by atoms with Crippen molar-refractivity contribution in [3.63, 3.8) is 0 Å². The Bertz CT molecular complexity index is 359. The SMILES string of the molecule is CC(C)CC1(CN2C(=O)CNC(=O)C2C)CCCC1. The Kier molecular flexibility index (Phi) is 4.16. The van der Waals surface area contributed by atoms with Crippen molar-refractivity contribution in [3.05, 3.63) is 0 Å². The van der Waals surface area contributed by atoms with Gasteiger partial charge in [-0.2, -0.15) is 0 Å². The summed E-state index contributed by atoms with van der Waals surface area (Å²) in [5.41, 5.74) is 0.246. The maximum Gasteiger partial charge on any atom is 0.242 e. The number of amides is 2. The van der Waals surface area contributed by atoms with Gasteiger partial charge in [0.15, 0.2) is 0 Å². The zero-order valence-electron chi connectivity index (χ0n) is 12.4. The number of rotatable bonds is 4. The number of nitrogens with one attached hydrogen (secondary N) is 1. The maximum atomic E-state index is 12.1. The second kappa shape index (κ2) is 5.51. The summed E-state index contributed by atoms with van der Waals surface area (Å²) in [7, 11) is 0. The lowest BCUT2D eigenvalue weighted by molar-refractivity contribution is -0.146. The molecule has 4 nitrogen and oxygen atoms in total. The van der Waals surface area contributed by atoms with Gasteiger partial charge in [-0.05, 0) is 37.5 Å². The summed E-state index contributed by atoms with van der Waals surface area (Å²) in [5.74, 6) is 0.696. The maximum absolute atomic E-state index is 12.1. The first kappa shape index (κ1) is 14.4. The van der Waals surface area contributed by atoms with Crippen LogP contribution in [0.25, 0.3) is 0 Å². The van der Waals surface area contributed by atoms with E-state index < -0.39 is 0 Å². The number of hydrogen-bond acceptors (Lipinski definition) is 2. The van der Waals surface area contributed by atoms with Crippen LogP contribution in [0.3, 0.4) is 0 Å². The van der Waals surface area contributed by atoms with Gasteiger partial charge in [-0.15, -0.1) is 0 Å². The van der Waals surface area contributed by atoms with Crippen LogP contribution in [-0.2, 0) is 9.59 Å². The standard InChI is InChI=1S/C15H26N2O2/c1-11(2)8-15(6-4-5-7-15)10-17-12(3)14(19)16-9-13(17)18/h11-12H,4-10H2,1-3H3,(H,16,19). The topological polar surface area (TPSA) is 49.4 Å². The smallest absolute Gasteiger partial charge is 0.242 e. The average molecular weight is 266 g/mol. The van der Waals surface area contributed by atoms with Crippen LogP contribution >= 0.6 is 0 Å². The predicted octanol–water partition coefficient (Wildman–Crippen LogP) is 1.94. The van der Waals surface area contributed by atoms with Crippen LogP contribution in [0.4, 0.5) is 0 Å². The highest BCUT2D eigenvalue weighted by Crippen LogP contribution is 2.44. The van der Waals surface area contributed by atoms with Crippen LogP contribution in [0.5, 0.6) is 0 Å². The number of nitrogens with zero attached hydrogens (tertiary/aromatic N) is 1. The molecular weight excluding hydrogens is 240 g/mol. The highest BCUT2D eigenvalue weighted by molar-refractivity contribution is 5.94. The fourth-order valence-electron chi connectivity index (χ4n) is 3.77. The van der Waals surface area contributed by atoms with E-state index >= 15 is 0 Å². The molecule has 2 rings (SSSR count). The van der Waals surface area contributed by atoms with Crippen LogP contribution in [0.1, 0.15) is 52.9 Å². The van der Waals surface area contributed by atoms with Gasteiger partial charge in [-0.3, -0.25) is 9.59 Å². The zero-order chi connectivity index (χ0) is 14.0. The third-order valence-electron chi connectivity index (χ3n) is 4.59. The van der Waals surface area contributed by atoms with Gasteiger partial charge >= 0.3 is 0 Å². The van der Waals surface area contributed by atoms with Gasteiger partial charge < -0.3 is 10.2 Å². The molecule has 1 saturated carbocycles. The Balaban J connectivity index is 2.11. The molecule has 108 valence electrons. The van der Waals surface area contributed by atoms with Crippen molar-refractivity contribution in [3.8, 4) is 0 Å². The molecular formula is C15H26N2O2. The molecule has 2 amide bonds. The van der Waals surface area contributed by atoms with Crippen molar-refractivity contribution in [2.24, 2.45) is 11.3 Å². The summed E-state index contributed by atoms with van der Waals surface area (Å²) in [6.07, 6.45) is 6.07. The molecule has 1 N–H and O–H groups in total. The summed E-state index contributed by atoms with van der Waals surface area (Å²) in [6, 6.07) is -0.314. The lowest BCUT2D eigenvalue weighted by Crippen LogP contribution is -2.59. The molecule has 2 fully saturated rings. The number of piperazine rings is 1. The molecule has 1 atom stereocenters. The van der Waals surface area contributed by atoms with Gasteiger partial charge in [0.25, 0.3) is 0 Å². The molecule has 19 heavy (non-hydrogen) atoms. The largest absolute Gasteiger partial charge is 0.345 e. The van der Waals surface area contributed by atoms with Crippen molar-refractivity contribution < 1.29 is 9.59 Å². The summed E-state index contributed by atoms with van der Waals surface area (Å²) in [5, 5.41) is 2.66. The first-order valence-electron chi connectivity index (χ1n) is 7.51. The molecule has 0 spiro atoms. The van der Waals surface area contributed by atoms with E-state index in [0.29, 0.717) is 5.92 Å². The molecule has 0 aromatic rings. The van der Waals surface area contributed by atoms with E-state index in [-0.39, 0.29) is 29.8 Å². The lowest BCUT2D eigenvalue weighted by Gasteiger charge is -2.41. The highest BCUT2D eigenvalue weighted by atomic mass is 16.2. The van der Waals surface area contributed by atoms with Gasteiger partial charge in [0.2, 0.25) is 11.8 Å².